The van der Waals surface area contributed by atoms with E-state index < -0.39 is 0 Å². The molecule has 3 aromatic rings. The van der Waals surface area contributed by atoms with Crippen molar-refractivity contribution in [3.8, 4) is 0 Å². The lowest BCUT2D eigenvalue weighted by Crippen LogP contribution is -2.44. The highest BCUT2D eigenvalue weighted by molar-refractivity contribution is 7.71. The monoisotopic (exact) mass is 456 g/mol. The molecule has 0 spiro atoms. The molecule has 1 aliphatic rings. The predicted octanol–water partition coefficient (Wildman–Crippen LogP) is 3.88. The minimum atomic E-state index is -0.164. The Labute approximate surface area is 190 Å². The number of H-pyrrole nitrogens is 1. The Morgan fingerprint density at radius 3 is 2.58 bits per heavy atom. The fourth-order valence-electron chi connectivity index (χ4n) is 4.00. The van der Waals surface area contributed by atoms with Gasteiger partial charge in [-0.2, -0.15) is 0 Å². The highest BCUT2D eigenvalue weighted by Crippen LogP contribution is 2.16. The molecule has 2 heterocycles. The molecule has 31 heavy (non-hydrogen) atoms. The lowest BCUT2D eigenvalue weighted by molar-refractivity contribution is -0.122. The van der Waals surface area contributed by atoms with Gasteiger partial charge in [-0.25, -0.2) is 0 Å². The van der Waals surface area contributed by atoms with Crippen molar-refractivity contribution in [1.82, 2.24) is 19.8 Å². The highest BCUT2D eigenvalue weighted by atomic mass is 35.5. The molecule has 0 saturated carbocycles. The van der Waals surface area contributed by atoms with Gasteiger partial charge < -0.3 is 10.3 Å². The molecule has 1 aromatic heterocycles. The number of fused-ring (bicyclic) bond motifs is 1. The van der Waals surface area contributed by atoms with Gasteiger partial charge in [-0.05, 0) is 54.9 Å². The average Bonchev–Trinajstić information content (AvgIpc) is 2.76. The Bertz CT molecular complexity index is 1180. The molecule has 0 atom stereocenters. The molecule has 2 N–H and O–H groups in total. The molecule has 0 aliphatic carbocycles. The van der Waals surface area contributed by atoms with E-state index in [0.717, 1.165) is 37.5 Å². The van der Waals surface area contributed by atoms with Crippen LogP contribution in [0.3, 0.4) is 0 Å². The third-order valence-corrected chi connectivity index (χ3v) is 6.30. The molecule has 4 rings (SSSR count). The van der Waals surface area contributed by atoms with E-state index >= 15 is 0 Å². The third kappa shape index (κ3) is 5.42. The number of rotatable bonds is 6. The van der Waals surface area contributed by atoms with E-state index in [1.54, 1.807) is 6.07 Å². The summed E-state index contributed by atoms with van der Waals surface area (Å²) in [6.07, 6.45) is 2.05. The number of aromatic amines is 1. The summed E-state index contributed by atoms with van der Waals surface area (Å²) in [4.78, 5) is 30.6. The second-order valence-electron chi connectivity index (χ2n) is 7.93. The van der Waals surface area contributed by atoms with Crippen LogP contribution in [0.4, 0.5) is 0 Å². The first-order chi connectivity index (χ1) is 15.0. The SMILES string of the molecule is O=C(CCn1c(=S)[nH]c2ccccc2c1=O)NC1CCN(Cc2ccc(Cl)cc2)CC1. The van der Waals surface area contributed by atoms with E-state index in [-0.39, 0.29) is 30.5 Å². The standard InChI is InChI=1S/C23H25ClN4O2S/c24-17-7-5-16(6-8-17)15-27-12-9-18(10-13-27)25-21(29)11-14-28-22(30)19-3-1-2-4-20(19)26-23(28)31/h1-8,18H,9-15H2,(H,25,29)(H,26,31). The Kier molecular flexibility index (Phi) is 6.85. The second kappa shape index (κ2) is 9.77. The van der Waals surface area contributed by atoms with Gasteiger partial charge in [0.25, 0.3) is 5.56 Å². The minimum absolute atomic E-state index is 0.0504. The number of carbonyl (C=O) groups excluding carboxylic acids is 1. The number of para-hydroxylation sites is 1. The van der Waals surface area contributed by atoms with E-state index in [1.165, 1.54) is 10.1 Å². The summed E-state index contributed by atoms with van der Waals surface area (Å²) < 4.78 is 1.80. The molecule has 1 fully saturated rings. The zero-order chi connectivity index (χ0) is 21.8. The van der Waals surface area contributed by atoms with E-state index in [2.05, 4.69) is 27.3 Å². The topological polar surface area (TPSA) is 70.1 Å². The maximum atomic E-state index is 12.7. The number of benzene rings is 2. The molecule has 162 valence electrons. The Morgan fingerprint density at radius 2 is 1.84 bits per heavy atom. The molecule has 1 aliphatic heterocycles. The number of piperidine rings is 1. The number of carbonyl (C=O) groups is 1. The molecule has 2 aromatic carbocycles. The molecule has 0 radical (unpaired) electrons. The number of amides is 1. The van der Waals surface area contributed by atoms with Crippen LogP contribution in [0.5, 0.6) is 0 Å². The van der Waals surface area contributed by atoms with Crippen molar-refractivity contribution >= 4 is 40.6 Å². The first kappa shape index (κ1) is 21.7. The fraction of sp³-hybridized carbons (Fsp3) is 0.348. The van der Waals surface area contributed by atoms with Crippen LogP contribution in [0.25, 0.3) is 10.9 Å². The van der Waals surface area contributed by atoms with Crippen molar-refractivity contribution in [2.75, 3.05) is 13.1 Å². The van der Waals surface area contributed by atoms with Crippen molar-refractivity contribution in [3.05, 3.63) is 74.2 Å². The molecule has 8 heteroatoms. The van der Waals surface area contributed by atoms with Crippen LogP contribution in [0.15, 0.2) is 53.3 Å². The molecule has 6 nitrogen and oxygen atoms in total. The molecule has 0 bridgehead atoms. The first-order valence-corrected chi connectivity index (χ1v) is 11.3. The van der Waals surface area contributed by atoms with Crippen molar-refractivity contribution in [2.24, 2.45) is 0 Å². The normalized spacial score (nSPS) is 15.3. The summed E-state index contributed by atoms with van der Waals surface area (Å²) in [6.45, 7) is 3.02. The van der Waals surface area contributed by atoms with Gasteiger partial charge in [-0.1, -0.05) is 35.9 Å². The minimum Gasteiger partial charge on any atom is -0.353 e. The molecule has 1 amide bonds. The number of hydrogen-bond donors (Lipinski definition) is 2. The fourth-order valence-corrected chi connectivity index (χ4v) is 4.41. The van der Waals surface area contributed by atoms with Gasteiger partial charge in [0.15, 0.2) is 4.77 Å². The van der Waals surface area contributed by atoms with Crippen LogP contribution in [0, 0.1) is 4.77 Å². The largest absolute Gasteiger partial charge is 0.353 e. The summed E-state index contributed by atoms with van der Waals surface area (Å²) in [5, 5.41) is 4.44. The Hall–Kier alpha value is -2.48. The predicted molar refractivity (Wildman–Crippen MR) is 126 cm³/mol. The van der Waals surface area contributed by atoms with Gasteiger partial charge >= 0.3 is 0 Å². The van der Waals surface area contributed by atoms with Crippen molar-refractivity contribution < 1.29 is 4.79 Å². The molecule has 1 saturated heterocycles. The van der Waals surface area contributed by atoms with E-state index in [1.807, 2.05) is 30.3 Å². The number of halogens is 1. The molecular weight excluding hydrogens is 432 g/mol. The number of hydrogen-bond acceptors (Lipinski definition) is 4. The summed E-state index contributed by atoms with van der Waals surface area (Å²) in [5.41, 5.74) is 1.79. The van der Waals surface area contributed by atoms with Gasteiger partial charge in [0, 0.05) is 43.7 Å². The second-order valence-corrected chi connectivity index (χ2v) is 8.75. The van der Waals surface area contributed by atoms with Gasteiger partial charge in [-0.15, -0.1) is 0 Å². The van der Waals surface area contributed by atoms with E-state index in [9.17, 15) is 9.59 Å². The summed E-state index contributed by atoms with van der Waals surface area (Å²) in [7, 11) is 0. The van der Waals surface area contributed by atoms with Gasteiger partial charge in [-0.3, -0.25) is 19.1 Å². The van der Waals surface area contributed by atoms with E-state index in [4.69, 9.17) is 23.8 Å². The van der Waals surface area contributed by atoms with Gasteiger partial charge in [0.2, 0.25) is 5.91 Å². The number of nitrogens with one attached hydrogen (secondary N) is 2. The van der Waals surface area contributed by atoms with Crippen LogP contribution in [-0.2, 0) is 17.9 Å². The first-order valence-electron chi connectivity index (χ1n) is 10.5. The Morgan fingerprint density at radius 1 is 1.13 bits per heavy atom. The van der Waals surface area contributed by atoms with Crippen LogP contribution in [0.2, 0.25) is 5.02 Å². The maximum Gasteiger partial charge on any atom is 0.262 e. The summed E-state index contributed by atoms with van der Waals surface area (Å²) in [5.74, 6) is -0.0504. The zero-order valence-corrected chi connectivity index (χ0v) is 18.7. The van der Waals surface area contributed by atoms with Crippen LogP contribution >= 0.6 is 23.8 Å². The van der Waals surface area contributed by atoms with Gasteiger partial charge in [0.1, 0.15) is 0 Å². The van der Waals surface area contributed by atoms with Crippen LogP contribution in [0.1, 0.15) is 24.8 Å². The van der Waals surface area contributed by atoms with Gasteiger partial charge in [0.05, 0.1) is 10.9 Å². The summed E-state index contributed by atoms with van der Waals surface area (Å²) >= 11 is 11.3. The number of aromatic nitrogens is 2. The zero-order valence-electron chi connectivity index (χ0n) is 17.1. The quantitative estimate of drug-likeness (QED) is 0.552. The molecular formula is C23H25ClN4O2S. The Balaban J connectivity index is 1.27. The van der Waals surface area contributed by atoms with Crippen LogP contribution in [-0.4, -0.2) is 39.5 Å². The average molecular weight is 457 g/mol. The van der Waals surface area contributed by atoms with Crippen molar-refractivity contribution in [3.63, 3.8) is 0 Å². The van der Waals surface area contributed by atoms with E-state index in [0.29, 0.717) is 15.7 Å². The smallest absolute Gasteiger partial charge is 0.262 e. The lowest BCUT2D eigenvalue weighted by Gasteiger charge is -2.32. The van der Waals surface area contributed by atoms with Crippen molar-refractivity contribution in [2.45, 2.75) is 38.4 Å². The maximum absolute atomic E-state index is 12.7. The van der Waals surface area contributed by atoms with Crippen LogP contribution < -0.4 is 10.9 Å². The highest BCUT2D eigenvalue weighted by Gasteiger charge is 2.21. The number of likely N-dealkylation sites (tertiary alicyclic amines) is 1. The lowest BCUT2D eigenvalue weighted by atomic mass is 10.0. The molecule has 0 unspecified atom stereocenters. The summed E-state index contributed by atoms with van der Waals surface area (Å²) in [6, 6.07) is 15.3. The number of nitrogens with zero attached hydrogens (tertiary/aromatic N) is 2. The van der Waals surface area contributed by atoms with Crippen molar-refractivity contribution in [1.29, 1.82) is 0 Å². The third-order valence-electron chi connectivity index (χ3n) is 5.72.